The number of hydrogen-bond donors (Lipinski definition) is 0. The van der Waals surface area contributed by atoms with E-state index in [1.54, 1.807) is 0 Å². The minimum absolute atomic E-state index is 0.106. The Morgan fingerprint density at radius 2 is 2.13 bits per heavy atom. The molecule has 1 saturated carbocycles. The first-order chi connectivity index (χ1) is 6.98. The van der Waals surface area contributed by atoms with Crippen molar-refractivity contribution in [2.75, 3.05) is 6.54 Å². The molecule has 4 nitrogen and oxygen atoms in total. The quantitative estimate of drug-likeness (QED) is 0.303. The standard InChI is InChI=1S/C10H18BN3O/c1-9(2)6-11(8-4-5-8)15-10(9,3)7-13-14-12/h8H,4-7H2,1-3H3. The third-order valence-corrected chi connectivity index (χ3v) is 4.14. The highest BCUT2D eigenvalue weighted by molar-refractivity contribution is 6.55. The molecule has 0 aromatic carbocycles. The van der Waals surface area contributed by atoms with Gasteiger partial charge in [0.05, 0.1) is 12.1 Å². The molecule has 0 aromatic rings. The summed E-state index contributed by atoms with van der Waals surface area (Å²) in [6.45, 7) is 7.33. The van der Waals surface area contributed by atoms with Crippen LogP contribution in [0.5, 0.6) is 0 Å². The molecule has 0 aromatic heterocycles. The van der Waals surface area contributed by atoms with E-state index in [1.165, 1.54) is 12.8 Å². The lowest BCUT2D eigenvalue weighted by atomic mass is 9.55. The highest BCUT2D eigenvalue weighted by Crippen LogP contribution is 2.53. The van der Waals surface area contributed by atoms with E-state index in [0.29, 0.717) is 13.5 Å². The minimum atomic E-state index is -0.285. The van der Waals surface area contributed by atoms with Gasteiger partial charge in [0.25, 0.3) is 6.92 Å². The summed E-state index contributed by atoms with van der Waals surface area (Å²) in [6, 6.07) is 0. The monoisotopic (exact) mass is 207 g/mol. The van der Waals surface area contributed by atoms with Crippen molar-refractivity contribution in [3.05, 3.63) is 10.4 Å². The summed E-state index contributed by atoms with van der Waals surface area (Å²) in [7, 11) is 0. The summed E-state index contributed by atoms with van der Waals surface area (Å²) in [6.07, 6.45) is 3.70. The first-order valence-corrected chi connectivity index (χ1v) is 5.67. The molecule has 82 valence electrons. The third-order valence-electron chi connectivity index (χ3n) is 4.14. The average Bonchev–Trinajstić information content (AvgIpc) is 2.93. The fourth-order valence-electron chi connectivity index (χ4n) is 2.40. The molecule has 1 saturated heterocycles. The summed E-state index contributed by atoms with van der Waals surface area (Å²) in [5, 5.41) is 3.69. The fourth-order valence-corrected chi connectivity index (χ4v) is 2.40. The maximum Gasteiger partial charge on any atom is 0.297 e. The van der Waals surface area contributed by atoms with Crippen LogP contribution in [0.1, 0.15) is 33.6 Å². The predicted molar refractivity (Wildman–Crippen MR) is 60.8 cm³/mol. The van der Waals surface area contributed by atoms with Crippen molar-refractivity contribution >= 4 is 6.92 Å². The Kier molecular flexibility index (Phi) is 2.48. The highest BCUT2D eigenvalue weighted by Gasteiger charge is 2.55. The Hall–Kier alpha value is -0.665. The Bertz CT molecular complexity index is 310. The van der Waals surface area contributed by atoms with Gasteiger partial charge in [0.15, 0.2) is 0 Å². The zero-order valence-electron chi connectivity index (χ0n) is 9.73. The number of nitrogens with zero attached hydrogens (tertiary/aromatic N) is 3. The van der Waals surface area contributed by atoms with Crippen LogP contribution in [0.2, 0.25) is 12.1 Å². The molecule has 2 aliphatic rings. The maximum atomic E-state index is 8.40. The molecule has 0 N–H and O–H groups in total. The highest BCUT2D eigenvalue weighted by atomic mass is 16.5. The largest absolute Gasteiger partial charge is 0.430 e. The van der Waals surface area contributed by atoms with Gasteiger partial charge < -0.3 is 4.65 Å². The van der Waals surface area contributed by atoms with Gasteiger partial charge in [-0.1, -0.05) is 31.8 Å². The Balaban J connectivity index is 2.12. The topological polar surface area (TPSA) is 58.0 Å². The Labute approximate surface area is 91.1 Å². The van der Waals surface area contributed by atoms with Gasteiger partial charge in [-0.05, 0) is 30.0 Å². The SMILES string of the molecule is CC1(C)CB(C2CC2)OC1(C)CN=[N+]=[N-]. The lowest BCUT2D eigenvalue weighted by Crippen LogP contribution is -2.41. The molecular weight excluding hydrogens is 189 g/mol. The zero-order chi connectivity index (χ0) is 11.1. The second-order valence-corrected chi connectivity index (χ2v) is 5.70. The molecule has 0 bridgehead atoms. The van der Waals surface area contributed by atoms with Gasteiger partial charge in [-0.15, -0.1) is 0 Å². The maximum absolute atomic E-state index is 8.40. The van der Waals surface area contributed by atoms with Gasteiger partial charge in [0.2, 0.25) is 0 Å². The second kappa shape index (κ2) is 3.43. The Morgan fingerprint density at radius 1 is 1.47 bits per heavy atom. The van der Waals surface area contributed by atoms with Crippen LogP contribution in [0.15, 0.2) is 5.11 Å². The van der Waals surface area contributed by atoms with E-state index in [-0.39, 0.29) is 11.0 Å². The van der Waals surface area contributed by atoms with E-state index >= 15 is 0 Å². The van der Waals surface area contributed by atoms with Crippen molar-refractivity contribution in [1.29, 1.82) is 0 Å². The summed E-state index contributed by atoms with van der Waals surface area (Å²) in [4.78, 5) is 2.84. The zero-order valence-corrected chi connectivity index (χ0v) is 9.73. The predicted octanol–water partition coefficient (Wildman–Crippen LogP) is 3.27. The minimum Gasteiger partial charge on any atom is -0.430 e. The van der Waals surface area contributed by atoms with Crippen molar-refractivity contribution in [2.45, 2.75) is 51.4 Å². The van der Waals surface area contributed by atoms with E-state index in [1.807, 2.05) is 0 Å². The van der Waals surface area contributed by atoms with Crippen LogP contribution in [-0.2, 0) is 4.65 Å². The lowest BCUT2D eigenvalue weighted by molar-refractivity contribution is 0.0259. The summed E-state index contributed by atoms with van der Waals surface area (Å²) in [5.74, 6) is 0.761. The second-order valence-electron chi connectivity index (χ2n) is 5.70. The molecule has 2 rings (SSSR count). The molecule has 5 heteroatoms. The van der Waals surface area contributed by atoms with Crippen molar-refractivity contribution in [3.8, 4) is 0 Å². The van der Waals surface area contributed by atoms with E-state index in [4.69, 9.17) is 10.2 Å². The van der Waals surface area contributed by atoms with E-state index in [9.17, 15) is 0 Å². The van der Waals surface area contributed by atoms with Crippen LogP contribution in [0, 0.1) is 5.41 Å². The first-order valence-electron chi connectivity index (χ1n) is 5.67. The van der Waals surface area contributed by atoms with E-state index in [0.717, 1.165) is 12.1 Å². The summed E-state index contributed by atoms with van der Waals surface area (Å²) in [5.41, 5.74) is 8.22. The number of rotatable bonds is 3. The molecule has 1 atom stereocenters. The average molecular weight is 207 g/mol. The van der Waals surface area contributed by atoms with Gasteiger partial charge in [-0.3, -0.25) is 0 Å². The van der Waals surface area contributed by atoms with Crippen LogP contribution in [0.25, 0.3) is 10.4 Å². The smallest absolute Gasteiger partial charge is 0.297 e. The van der Waals surface area contributed by atoms with Crippen LogP contribution in [0.3, 0.4) is 0 Å². The van der Waals surface area contributed by atoms with Gasteiger partial charge in [-0.2, -0.15) is 0 Å². The van der Waals surface area contributed by atoms with Crippen molar-refractivity contribution in [1.82, 2.24) is 0 Å². The Morgan fingerprint density at radius 3 is 2.67 bits per heavy atom. The van der Waals surface area contributed by atoms with Crippen molar-refractivity contribution < 1.29 is 4.65 Å². The summed E-state index contributed by atoms with van der Waals surface area (Å²) >= 11 is 0. The van der Waals surface area contributed by atoms with Gasteiger partial charge in [0, 0.05) is 4.91 Å². The molecule has 1 unspecified atom stereocenters. The van der Waals surface area contributed by atoms with Crippen molar-refractivity contribution in [2.24, 2.45) is 10.5 Å². The molecule has 0 spiro atoms. The summed E-state index contributed by atoms with van der Waals surface area (Å²) < 4.78 is 6.13. The van der Waals surface area contributed by atoms with Crippen LogP contribution in [0.4, 0.5) is 0 Å². The van der Waals surface area contributed by atoms with E-state index < -0.39 is 0 Å². The molecule has 1 heterocycles. The molecule has 15 heavy (non-hydrogen) atoms. The number of hydrogen-bond acceptors (Lipinski definition) is 2. The van der Waals surface area contributed by atoms with Crippen LogP contribution in [-0.4, -0.2) is 19.1 Å². The molecule has 0 radical (unpaired) electrons. The third kappa shape index (κ3) is 1.86. The molecule has 1 aliphatic heterocycles. The molecule has 1 aliphatic carbocycles. The van der Waals surface area contributed by atoms with E-state index in [2.05, 4.69) is 30.8 Å². The van der Waals surface area contributed by atoms with Crippen LogP contribution >= 0.6 is 0 Å². The van der Waals surface area contributed by atoms with Gasteiger partial charge in [-0.25, -0.2) is 0 Å². The molecular formula is C10H18BN3O. The number of azide groups is 1. The lowest BCUT2D eigenvalue weighted by Gasteiger charge is -2.36. The van der Waals surface area contributed by atoms with Crippen LogP contribution < -0.4 is 0 Å². The fraction of sp³-hybridized carbons (Fsp3) is 1.00. The first kappa shape index (κ1) is 10.8. The molecule has 2 fully saturated rings. The van der Waals surface area contributed by atoms with Gasteiger partial charge >= 0.3 is 0 Å². The van der Waals surface area contributed by atoms with Gasteiger partial charge in [0.1, 0.15) is 0 Å². The van der Waals surface area contributed by atoms with Crippen molar-refractivity contribution in [3.63, 3.8) is 0 Å². The molecule has 0 amide bonds. The normalized spacial score (nSPS) is 33.9.